The molecule has 4 nitrogen and oxygen atoms in total. The molecule has 0 spiro atoms. The van der Waals surface area contributed by atoms with E-state index in [0.29, 0.717) is 0 Å². The molecule has 0 radical (unpaired) electrons. The zero-order valence-corrected chi connectivity index (χ0v) is 5.51. The quantitative estimate of drug-likeness (QED) is 0.718. The maximum absolute atomic E-state index is 12.6. The number of carboxylic acid groups (broad SMARTS) is 1. The van der Waals surface area contributed by atoms with Gasteiger partial charge in [-0.1, -0.05) is 0 Å². The van der Waals surface area contributed by atoms with Crippen LogP contribution in [0.15, 0.2) is 0 Å². The van der Waals surface area contributed by atoms with Gasteiger partial charge in [-0.15, -0.1) is 0 Å². The van der Waals surface area contributed by atoms with Gasteiger partial charge in [-0.25, -0.2) is 18.0 Å². The van der Waals surface area contributed by atoms with E-state index in [1.54, 1.807) is 5.10 Å². The van der Waals surface area contributed by atoms with E-state index in [2.05, 4.69) is 5.10 Å². The average Bonchev–Trinajstić information content (AvgIpc) is 2.30. The van der Waals surface area contributed by atoms with Crippen LogP contribution in [0.5, 0.6) is 0 Å². The van der Waals surface area contributed by atoms with Crippen LogP contribution in [0.4, 0.5) is 13.2 Å². The topological polar surface area (TPSA) is 66.0 Å². The minimum Gasteiger partial charge on any atom is -0.476 e. The molecule has 0 unspecified atom stereocenters. The van der Waals surface area contributed by atoms with E-state index < -0.39 is 29.6 Å². The summed E-state index contributed by atoms with van der Waals surface area (Å²) < 4.78 is 36.2. The molecule has 0 saturated carbocycles. The average molecular weight is 180 g/mol. The van der Waals surface area contributed by atoms with Gasteiger partial charge in [0, 0.05) is 0 Å². The third-order valence-corrected chi connectivity index (χ3v) is 1.15. The van der Waals surface area contributed by atoms with Gasteiger partial charge < -0.3 is 5.11 Å². The normalized spacial score (nSPS) is 10.7. The maximum Gasteiger partial charge on any atom is 0.357 e. The lowest BCUT2D eigenvalue weighted by Gasteiger charge is -1.90. The first-order valence-corrected chi connectivity index (χ1v) is 2.79. The summed E-state index contributed by atoms with van der Waals surface area (Å²) in [4.78, 5) is 10.1. The molecule has 1 rings (SSSR count). The summed E-state index contributed by atoms with van der Waals surface area (Å²) in [5.41, 5.74) is -2.13. The highest BCUT2D eigenvalue weighted by molar-refractivity contribution is 5.85. The summed E-state index contributed by atoms with van der Waals surface area (Å²) in [6, 6.07) is 0. The number of hydrogen-bond donors (Lipinski definition) is 2. The number of alkyl halides is 2. The number of hydrogen-bond acceptors (Lipinski definition) is 2. The van der Waals surface area contributed by atoms with Crippen LogP contribution < -0.4 is 0 Å². The lowest BCUT2D eigenvalue weighted by atomic mass is 10.3. The Kier molecular flexibility index (Phi) is 2.03. The van der Waals surface area contributed by atoms with Gasteiger partial charge in [0.05, 0.1) is 0 Å². The predicted molar refractivity (Wildman–Crippen MR) is 30.5 cm³/mol. The number of carbonyl (C=O) groups is 1. The van der Waals surface area contributed by atoms with Crippen LogP contribution in [0.3, 0.4) is 0 Å². The predicted octanol–water partition coefficient (Wildman–Crippen LogP) is 1.18. The molecule has 0 atom stereocenters. The van der Waals surface area contributed by atoms with Crippen molar-refractivity contribution in [1.29, 1.82) is 0 Å². The molecule has 0 aliphatic heterocycles. The van der Waals surface area contributed by atoms with Gasteiger partial charge in [0.1, 0.15) is 0 Å². The first-order chi connectivity index (χ1) is 5.54. The standard InChI is InChI=1S/C5H3F3N2O2/c6-1-2(4(7)8)9-10-3(1)5(11)12/h4H,(H,9,10)(H,11,12). The second-order valence-electron chi connectivity index (χ2n) is 1.90. The van der Waals surface area contributed by atoms with Crippen molar-refractivity contribution in [3.63, 3.8) is 0 Å². The summed E-state index contributed by atoms with van der Waals surface area (Å²) in [7, 11) is 0. The van der Waals surface area contributed by atoms with Crippen molar-refractivity contribution in [3.8, 4) is 0 Å². The minimum atomic E-state index is -3.12. The van der Waals surface area contributed by atoms with Gasteiger partial charge in [-0.2, -0.15) is 5.10 Å². The van der Waals surface area contributed by atoms with Crippen molar-refractivity contribution in [3.05, 3.63) is 17.2 Å². The molecule has 0 amide bonds. The number of rotatable bonds is 2. The van der Waals surface area contributed by atoms with Crippen LogP contribution in [-0.2, 0) is 0 Å². The van der Waals surface area contributed by atoms with Crippen molar-refractivity contribution in [1.82, 2.24) is 10.2 Å². The van der Waals surface area contributed by atoms with Crippen LogP contribution in [-0.4, -0.2) is 21.3 Å². The highest BCUT2D eigenvalue weighted by Gasteiger charge is 2.24. The molecule has 7 heteroatoms. The molecule has 0 bridgehead atoms. The first kappa shape index (κ1) is 8.57. The minimum absolute atomic E-state index is 0.953. The smallest absolute Gasteiger partial charge is 0.357 e. The molecule has 2 N–H and O–H groups in total. The Morgan fingerprint density at radius 3 is 2.42 bits per heavy atom. The fraction of sp³-hybridized carbons (Fsp3) is 0.200. The third-order valence-electron chi connectivity index (χ3n) is 1.15. The number of halogens is 3. The van der Waals surface area contributed by atoms with E-state index in [9.17, 15) is 18.0 Å². The molecule has 1 aromatic heterocycles. The zero-order chi connectivity index (χ0) is 9.30. The van der Waals surface area contributed by atoms with Crippen LogP contribution >= 0.6 is 0 Å². The molecule has 0 aliphatic rings. The van der Waals surface area contributed by atoms with Crippen molar-refractivity contribution >= 4 is 5.97 Å². The number of nitrogens with one attached hydrogen (secondary N) is 1. The molecule has 1 heterocycles. The van der Waals surface area contributed by atoms with Crippen molar-refractivity contribution < 1.29 is 23.1 Å². The van der Waals surface area contributed by atoms with Crippen LogP contribution in [0.2, 0.25) is 0 Å². The summed E-state index contributed by atoms with van der Waals surface area (Å²) in [5, 5.41) is 12.7. The van der Waals surface area contributed by atoms with Gasteiger partial charge in [-0.3, -0.25) is 5.10 Å². The molecule has 66 valence electrons. The lowest BCUT2D eigenvalue weighted by Crippen LogP contribution is -1.99. The Morgan fingerprint density at radius 2 is 2.17 bits per heavy atom. The maximum atomic E-state index is 12.6. The summed E-state index contributed by atoms with van der Waals surface area (Å²) in [6.07, 6.45) is -3.12. The molecule has 0 aromatic carbocycles. The molecule has 12 heavy (non-hydrogen) atoms. The van der Waals surface area contributed by atoms with Gasteiger partial charge in [0.25, 0.3) is 6.43 Å². The summed E-state index contributed by atoms with van der Waals surface area (Å²) in [6.45, 7) is 0. The lowest BCUT2D eigenvalue weighted by molar-refractivity contribution is 0.0685. The van der Waals surface area contributed by atoms with Gasteiger partial charge in [0.15, 0.2) is 17.2 Å². The molecular formula is C5H3F3N2O2. The second-order valence-corrected chi connectivity index (χ2v) is 1.90. The summed E-state index contributed by atoms with van der Waals surface area (Å²) in [5.74, 6) is -3.18. The van der Waals surface area contributed by atoms with E-state index in [-0.39, 0.29) is 0 Å². The highest BCUT2D eigenvalue weighted by atomic mass is 19.3. The Labute approximate surface area is 64.0 Å². The Balaban J connectivity index is 3.13. The molecule has 0 saturated heterocycles. The van der Waals surface area contributed by atoms with Crippen LogP contribution in [0.25, 0.3) is 0 Å². The van der Waals surface area contributed by atoms with Crippen LogP contribution in [0.1, 0.15) is 22.6 Å². The summed E-state index contributed by atoms with van der Waals surface area (Å²) >= 11 is 0. The Morgan fingerprint density at radius 1 is 1.58 bits per heavy atom. The first-order valence-electron chi connectivity index (χ1n) is 2.79. The number of aromatic carboxylic acids is 1. The highest BCUT2D eigenvalue weighted by Crippen LogP contribution is 2.20. The Hall–Kier alpha value is -1.53. The van der Waals surface area contributed by atoms with Gasteiger partial charge in [0.2, 0.25) is 0 Å². The van der Waals surface area contributed by atoms with E-state index in [1.807, 2.05) is 0 Å². The number of nitrogens with zero attached hydrogens (tertiary/aromatic N) is 1. The fourth-order valence-corrected chi connectivity index (χ4v) is 0.629. The van der Waals surface area contributed by atoms with E-state index in [0.717, 1.165) is 0 Å². The molecule has 1 aromatic rings. The third kappa shape index (κ3) is 1.25. The zero-order valence-electron chi connectivity index (χ0n) is 5.51. The largest absolute Gasteiger partial charge is 0.476 e. The van der Waals surface area contributed by atoms with Gasteiger partial charge in [-0.05, 0) is 0 Å². The van der Waals surface area contributed by atoms with Crippen molar-refractivity contribution in [2.75, 3.05) is 0 Å². The number of carboxylic acids is 1. The van der Waals surface area contributed by atoms with Crippen LogP contribution in [0, 0.1) is 5.82 Å². The fourth-order valence-electron chi connectivity index (χ4n) is 0.629. The molecule has 0 fully saturated rings. The van der Waals surface area contributed by atoms with E-state index in [1.165, 1.54) is 0 Å². The van der Waals surface area contributed by atoms with E-state index in [4.69, 9.17) is 5.11 Å². The molecule has 0 aliphatic carbocycles. The SMILES string of the molecule is O=C(O)c1[nH]nc(C(F)F)c1F. The number of aromatic nitrogens is 2. The molecular weight excluding hydrogens is 177 g/mol. The van der Waals surface area contributed by atoms with Crippen molar-refractivity contribution in [2.45, 2.75) is 6.43 Å². The van der Waals surface area contributed by atoms with E-state index >= 15 is 0 Å². The number of aromatic amines is 1. The Bertz CT molecular complexity index is 310. The van der Waals surface area contributed by atoms with Crippen molar-refractivity contribution in [2.24, 2.45) is 0 Å². The number of H-pyrrole nitrogens is 1. The monoisotopic (exact) mass is 180 g/mol. The second kappa shape index (κ2) is 2.84. The van der Waals surface area contributed by atoms with Gasteiger partial charge >= 0.3 is 5.97 Å².